The van der Waals surface area contributed by atoms with E-state index in [4.69, 9.17) is 5.11 Å². The van der Waals surface area contributed by atoms with Gasteiger partial charge in [0.05, 0.1) is 6.42 Å². The van der Waals surface area contributed by atoms with Crippen LogP contribution in [0.5, 0.6) is 0 Å². The maximum atomic E-state index is 10.9. The summed E-state index contributed by atoms with van der Waals surface area (Å²) in [5.74, 6) is -0.102. The molecule has 0 aliphatic rings. The fourth-order valence-electron chi connectivity index (χ4n) is 2.47. The molecule has 0 saturated heterocycles. The Labute approximate surface area is 106 Å². The first-order valence-electron chi connectivity index (χ1n) is 6.93. The van der Waals surface area contributed by atoms with Crippen molar-refractivity contribution in [1.82, 2.24) is 4.90 Å². The van der Waals surface area contributed by atoms with Crippen LogP contribution in [0.2, 0.25) is 0 Å². The highest BCUT2D eigenvalue weighted by atomic mass is 16.4. The predicted octanol–water partition coefficient (Wildman–Crippen LogP) is 3.39. The fourth-order valence-corrected chi connectivity index (χ4v) is 2.47. The molecule has 0 heterocycles. The summed E-state index contributed by atoms with van der Waals surface area (Å²) in [6, 6.07) is 0.696. The van der Waals surface area contributed by atoms with E-state index < -0.39 is 5.97 Å². The number of carboxylic acid groups (broad SMARTS) is 1. The molecule has 102 valence electrons. The van der Waals surface area contributed by atoms with E-state index in [1.165, 1.54) is 0 Å². The van der Waals surface area contributed by atoms with Crippen molar-refractivity contribution in [3.63, 3.8) is 0 Å². The van der Waals surface area contributed by atoms with E-state index in [0.717, 1.165) is 25.8 Å². The van der Waals surface area contributed by atoms with Crippen molar-refractivity contribution in [2.75, 3.05) is 6.54 Å². The van der Waals surface area contributed by atoms with Gasteiger partial charge in [0.1, 0.15) is 0 Å². The number of aliphatic carboxylic acids is 1. The lowest BCUT2D eigenvalue weighted by Crippen LogP contribution is -2.45. The van der Waals surface area contributed by atoms with Gasteiger partial charge >= 0.3 is 5.97 Å². The first-order valence-corrected chi connectivity index (χ1v) is 6.93. The molecule has 0 radical (unpaired) electrons. The average molecular weight is 243 g/mol. The average Bonchev–Trinajstić information content (AvgIpc) is 2.25. The molecule has 0 aromatic heterocycles. The van der Waals surface area contributed by atoms with Gasteiger partial charge in [-0.15, -0.1) is 0 Å². The zero-order valence-corrected chi connectivity index (χ0v) is 12.1. The number of nitrogens with zero attached hydrogens (tertiary/aromatic N) is 1. The lowest BCUT2D eigenvalue weighted by atomic mass is 10.0. The molecule has 0 aromatic carbocycles. The van der Waals surface area contributed by atoms with Gasteiger partial charge in [0.15, 0.2) is 0 Å². The van der Waals surface area contributed by atoms with Crippen LogP contribution in [0.3, 0.4) is 0 Å². The molecular weight excluding hydrogens is 214 g/mol. The highest BCUT2D eigenvalue weighted by Crippen LogP contribution is 2.19. The number of rotatable bonds is 9. The Balaban J connectivity index is 4.77. The molecule has 0 aromatic rings. The van der Waals surface area contributed by atoms with Gasteiger partial charge in [0, 0.05) is 18.6 Å². The molecule has 0 spiro atoms. The van der Waals surface area contributed by atoms with Crippen molar-refractivity contribution in [1.29, 1.82) is 0 Å². The summed E-state index contributed by atoms with van der Waals surface area (Å²) in [6.45, 7) is 11.9. The Morgan fingerprint density at radius 1 is 1.06 bits per heavy atom. The fraction of sp³-hybridized carbons (Fsp3) is 0.929. The maximum absolute atomic E-state index is 10.9. The third-order valence-corrected chi connectivity index (χ3v) is 3.34. The van der Waals surface area contributed by atoms with E-state index in [0.29, 0.717) is 12.0 Å². The molecule has 3 heteroatoms. The van der Waals surface area contributed by atoms with Crippen LogP contribution in [-0.4, -0.2) is 34.6 Å². The van der Waals surface area contributed by atoms with E-state index >= 15 is 0 Å². The van der Waals surface area contributed by atoms with Crippen LogP contribution in [0, 0.1) is 5.92 Å². The van der Waals surface area contributed by atoms with Gasteiger partial charge in [0.25, 0.3) is 0 Å². The number of carbonyl (C=O) groups is 1. The lowest BCUT2D eigenvalue weighted by molar-refractivity contribution is -0.138. The van der Waals surface area contributed by atoms with Gasteiger partial charge in [0.2, 0.25) is 0 Å². The SMILES string of the molecule is CCC(CC)N(CC(C)C)C(CC)CC(=O)O. The summed E-state index contributed by atoms with van der Waals surface area (Å²) in [4.78, 5) is 13.3. The highest BCUT2D eigenvalue weighted by Gasteiger charge is 2.25. The van der Waals surface area contributed by atoms with Crippen LogP contribution in [-0.2, 0) is 4.79 Å². The molecule has 1 N–H and O–H groups in total. The van der Waals surface area contributed by atoms with Gasteiger partial charge in [-0.05, 0) is 25.2 Å². The van der Waals surface area contributed by atoms with Gasteiger partial charge in [-0.1, -0.05) is 34.6 Å². The molecule has 17 heavy (non-hydrogen) atoms. The second-order valence-electron chi connectivity index (χ2n) is 5.22. The second kappa shape index (κ2) is 8.51. The minimum atomic E-state index is -0.684. The van der Waals surface area contributed by atoms with Crippen molar-refractivity contribution in [2.24, 2.45) is 5.92 Å². The molecular formula is C14H29NO2. The number of hydrogen-bond acceptors (Lipinski definition) is 2. The molecule has 3 nitrogen and oxygen atoms in total. The maximum Gasteiger partial charge on any atom is 0.304 e. The summed E-state index contributed by atoms with van der Waals surface area (Å²) in [5, 5.41) is 9.00. The molecule has 0 bridgehead atoms. The Kier molecular flexibility index (Phi) is 8.23. The van der Waals surface area contributed by atoms with Crippen molar-refractivity contribution in [3.05, 3.63) is 0 Å². The van der Waals surface area contributed by atoms with Crippen LogP contribution < -0.4 is 0 Å². The minimum absolute atomic E-state index is 0.180. The molecule has 0 aliphatic heterocycles. The van der Waals surface area contributed by atoms with E-state index in [-0.39, 0.29) is 12.5 Å². The smallest absolute Gasteiger partial charge is 0.304 e. The van der Waals surface area contributed by atoms with Crippen LogP contribution in [0.15, 0.2) is 0 Å². The molecule has 0 fully saturated rings. The van der Waals surface area contributed by atoms with E-state index in [9.17, 15) is 4.79 Å². The third kappa shape index (κ3) is 6.06. The van der Waals surface area contributed by atoms with Crippen molar-refractivity contribution in [2.45, 2.75) is 72.4 Å². The Morgan fingerprint density at radius 3 is 1.82 bits per heavy atom. The highest BCUT2D eigenvalue weighted by molar-refractivity contribution is 5.67. The van der Waals surface area contributed by atoms with E-state index in [2.05, 4.69) is 39.5 Å². The van der Waals surface area contributed by atoms with Gasteiger partial charge in [-0.2, -0.15) is 0 Å². The van der Waals surface area contributed by atoms with Gasteiger partial charge < -0.3 is 5.11 Å². The zero-order chi connectivity index (χ0) is 13.4. The topological polar surface area (TPSA) is 40.5 Å². The van der Waals surface area contributed by atoms with Crippen molar-refractivity contribution < 1.29 is 9.90 Å². The van der Waals surface area contributed by atoms with Crippen LogP contribution in [0.25, 0.3) is 0 Å². The Morgan fingerprint density at radius 2 is 1.53 bits per heavy atom. The van der Waals surface area contributed by atoms with Crippen molar-refractivity contribution >= 4 is 5.97 Å². The van der Waals surface area contributed by atoms with Crippen molar-refractivity contribution in [3.8, 4) is 0 Å². The van der Waals surface area contributed by atoms with E-state index in [1.807, 2.05) is 0 Å². The lowest BCUT2D eigenvalue weighted by Gasteiger charge is -2.37. The third-order valence-electron chi connectivity index (χ3n) is 3.34. The normalized spacial score (nSPS) is 13.6. The predicted molar refractivity (Wildman–Crippen MR) is 72.2 cm³/mol. The van der Waals surface area contributed by atoms with Crippen LogP contribution in [0.1, 0.15) is 60.3 Å². The zero-order valence-electron chi connectivity index (χ0n) is 12.1. The summed E-state index contributed by atoms with van der Waals surface area (Å²) in [7, 11) is 0. The first kappa shape index (κ1) is 16.4. The monoisotopic (exact) mass is 243 g/mol. The standard InChI is InChI=1S/C14H29NO2/c1-6-12(7-2)15(10-11(4)5)13(8-3)9-14(16)17/h11-13H,6-10H2,1-5H3,(H,16,17). The quantitative estimate of drug-likeness (QED) is 0.675. The summed E-state index contributed by atoms with van der Waals surface area (Å²) < 4.78 is 0. The Bertz CT molecular complexity index is 212. The molecule has 0 aliphatic carbocycles. The molecule has 1 unspecified atom stereocenters. The molecule has 1 atom stereocenters. The molecule has 0 rings (SSSR count). The number of hydrogen-bond donors (Lipinski definition) is 1. The van der Waals surface area contributed by atoms with Gasteiger partial charge in [-0.3, -0.25) is 9.69 Å². The Hall–Kier alpha value is -0.570. The summed E-state index contributed by atoms with van der Waals surface area (Å²) in [6.07, 6.45) is 3.37. The molecule has 0 saturated carbocycles. The van der Waals surface area contributed by atoms with E-state index in [1.54, 1.807) is 0 Å². The first-order chi connectivity index (χ1) is 7.96. The number of carboxylic acids is 1. The largest absolute Gasteiger partial charge is 0.481 e. The second-order valence-corrected chi connectivity index (χ2v) is 5.22. The minimum Gasteiger partial charge on any atom is -0.481 e. The summed E-state index contributed by atoms with van der Waals surface area (Å²) in [5.41, 5.74) is 0. The molecule has 0 amide bonds. The van der Waals surface area contributed by atoms with Crippen LogP contribution >= 0.6 is 0 Å². The van der Waals surface area contributed by atoms with Gasteiger partial charge in [-0.25, -0.2) is 0 Å². The van der Waals surface area contributed by atoms with Crippen LogP contribution in [0.4, 0.5) is 0 Å². The summed E-state index contributed by atoms with van der Waals surface area (Å²) >= 11 is 0.